The number of fused-ring (bicyclic) bond motifs is 1. The number of amides is 1. The van der Waals surface area contributed by atoms with Gasteiger partial charge in [-0.25, -0.2) is 19.0 Å². The number of carbonyl (C=O) groups is 2. The van der Waals surface area contributed by atoms with Crippen LogP contribution in [0.1, 0.15) is 37.0 Å². The Kier molecular flexibility index (Phi) is 6.82. The number of carbonyl (C=O) groups excluding carboxylic acids is 2. The number of methoxy groups -OCH3 is 1. The average molecular weight is 456 g/mol. The number of allylic oxidation sites excluding steroid dienone is 1. The van der Waals surface area contributed by atoms with Crippen molar-refractivity contribution in [3.05, 3.63) is 39.9 Å². The quantitative estimate of drug-likeness (QED) is 0.680. The zero-order chi connectivity index (χ0) is 21.1. The van der Waals surface area contributed by atoms with E-state index in [1.165, 1.54) is 13.2 Å². The van der Waals surface area contributed by atoms with Crippen LogP contribution < -0.4 is 5.32 Å². The molecule has 0 saturated carbocycles. The Bertz CT molecular complexity index is 931. The molecule has 7 nitrogen and oxygen atoms in total. The smallest absolute Gasteiger partial charge is 0.407 e. The number of ether oxygens (including phenoxy) is 2. The normalized spacial score (nSPS) is 12.2. The number of nitrogens with one attached hydrogen (secondary N) is 1. The number of imidazole rings is 1. The van der Waals surface area contributed by atoms with Crippen molar-refractivity contribution in [2.45, 2.75) is 39.8 Å². The molecular weight excluding hydrogens is 433 g/mol. The zero-order valence-electron chi connectivity index (χ0n) is 16.4. The first-order valence-electron chi connectivity index (χ1n) is 8.58. The molecule has 1 aromatic carbocycles. The molecule has 0 aliphatic heterocycles. The topological polar surface area (TPSA) is 82.5 Å². The van der Waals surface area contributed by atoms with Gasteiger partial charge in [-0.1, -0.05) is 0 Å². The lowest BCUT2D eigenvalue weighted by Gasteiger charge is -2.19. The van der Waals surface area contributed by atoms with Crippen LogP contribution in [-0.2, 0) is 16.0 Å². The fourth-order valence-electron chi connectivity index (χ4n) is 2.51. The molecule has 1 N–H and O–H groups in total. The molecule has 1 heterocycles. The van der Waals surface area contributed by atoms with Crippen LogP contribution in [0.4, 0.5) is 9.18 Å². The molecule has 0 saturated heterocycles. The lowest BCUT2D eigenvalue weighted by Crippen LogP contribution is -2.32. The summed E-state index contributed by atoms with van der Waals surface area (Å²) in [6, 6.07) is 3.22. The molecule has 0 atom stereocenters. The molecular formula is C19H23BrFN3O4. The largest absolute Gasteiger partial charge is 0.465 e. The summed E-state index contributed by atoms with van der Waals surface area (Å²) in [6.07, 6.45) is 0.640. The number of aryl methyl sites for hydroxylation is 1. The van der Waals surface area contributed by atoms with E-state index in [4.69, 9.17) is 9.47 Å². The summed E-state index contributed by atoms with van der Waals surface area (Å²) >= 11 is 3.39. The van der Waals surface area contributed by atoms with Crippen molar-refractivity contribution in [3.8, 4) is 0 Å². The van der Waals surface area contributed by atoms with Crippen molar-refractivity contribution in [1.29, 1.82) is 0 Å². The molecule has 0 bridgehead atoms. The fraction of sp³-hybridized carbons (Fsp3) is 0.421. The highest BCUT2D eigenvalue weighted by atomic mass is 79.9. The number of hydrogen-bond donors (Lipinski definition) is 1. The molecule has 0 spiro atoms. The zero-order valence-corrected chi connectivity index (χ0v) is 18.0. The number of alkyl carbamates (subject to hydrolysis) is 1. The maximum absolute atomic E-state index is 14.4. The van der Waals surface area contributed by atoms with Gasteiger partial charge in [0.1, 0.15) is 22.8 Å². The van der Waals surface area contributed by atoms with Gasteiger partial charge in [0.25, 0.3) is 0 Å². The van der Waals surface area contributed by atoms with Gasteiger partial charge >= 0.3 is 12.1 Å². The van der Waals surface area contributed by atoms with Crippen molar-refractivity contribution in [2.24, 2.45) is 0 Å². The summed E-state index contributed by atoms with van der Waals surface area (Å²) in [4.78, 5) is 27.9. The van der Waals surface area contributed by atoms with Gasteiger partial charge in [0, 0.05) is 11.0 Å². The van der Waals surface area contributed by atoms with Crippen molar-refractivity contribution in [1.82, 2.24) is 14.9 Å². The third-order valence-corrected chi connectivity index (χ3v) is 4.30. The van der Waals surface area contributed by atoms with Gasteiger partial charge in [0.15, 0.2) is 0 Å². The highest BCUT2D eigenvalue weighted by Crippen LogP contribution is 2.27. The van der Waals surface area contributed by atoms with E-state index in [-0.39, 0.29) is 13.1 Å². The van der Waals surface area contributed by atoms with Crippen LogP contribution in [0.25, 0.3) is 11.0 Å². The molecule has 9 heteroatoms. The summed E-state index contributed by atoms with van der Waals surface area (Å²) in [7, 11) is 1.29. The van der Waals surface area contributed by atoms with Gasteiger partial charge in [-0.3, -0.25) is 0 Å². The minimum absolute atomic E-state index is 0.0104. The van der Waals surface area contributed by atoms with Gasteiger partial charge < -0.3 is 19.4 Å². The molecule has 1 aromatic heterocycles. The van der Waals surface area contributed by atoms with Gasteiger partial charge in [0.2, 0.25) is 0 Å². The van der Waals surface area contributed by atoms with Crippen LogP contribution in [0.3, 0.4) is 0 Å². The van der Waals surface area contributed by atoms with E-state index in [9.17, 15) is 14.0 Å². The molecule has 28 heavy (non-hydrogen) atoms. The van der Waals surface area contributed by atoms with Gasteiger partial charge in [-0.2, -0.15) is 0 Å². The second-order valence-corrected chi connectivity index (χ2v) is 7.95. The molecule has 0 fully saturated rings. The minimum Gasteiger partial charge on any atom is -0.465 e. The van der Waals surface area contributed by atoms with E-state index in [0.29, 0.717) is 26.9 Å². The van der Waals surface area contributed by atoms with E-state index in [2.05, 4.69) is 26.2 Å². The Balaban J connectivity index is 2.18. The highest BCUT2D eigenvalue weighted by molar-refractivity contribution is 9.10. The molecule has 1 amide bonds. The second-order valence-electron chi connectivity index (χ2n) is 7.10. The molecule has 0 radical (unpaired) electrons. The molecule has 0 unspecified atom stereocenters. The molecule has 0 aliphatic carbocycles. The van der Waals surface area contributed by atoms with Gasteiger partial charge in [-0.05, 0) is 61.8 Å². The van der Waals surface area contributed by atoms with Crippen LogP contribution >= 0.6 is 15.9 Å². The summed E-state index contributed by atoms with van der Waals surface area (Å²) in [6.45, 7) is 6.89. The monoisotopic (exact) mass is 455 g/mol. The van der Waals surface area contributed by atoms with Gasteiger partial charge in [-0.15, -0.1) is 0 Å². The number of benzene rings is 1. The van der Waals surface area contributed by atoms with Crippen LogP contribution in [0.2, 0.25) is 0 Å². The van der Waals surface area contributed by atoms with Crippen molar-refractivity contribution < 1.29 is 23.5 Å². The minimum atomic E-state index is -0.621. The second kappa shape index (κ2) is 8.72. The SMILES string of the molecule is COC(=O)c1cc(Br)c2nc(C)n(C/C(F)=C/CNC(=O)OC(C)(C)C)c2c1. The third-order valence-electron chi connectivity index (χ3n) is 3.70. The first-order chi connectivity index (χ1) is 13.0. The van der Waals surface area contributed by atoms with E-state index in [0.717, 1.165) is 0 Å². The lowest BCUT2D eigenvalue weighted by atomic mass is 10.2. The standard InChI is InChI=1S/C19H23BrFN3O4/c1-11-23-16-14(20)8-12(17(25)27-5)9-15(16)24(11)10-13(21)6-7-22-18(26)28-19(2,3)4/h6,8-9H,7,10H2,1-5H3,(H,22,26)/b13-6-. The van der Waals surface area contributed by atoms with E-state index in [1.807, 2.05) is 0 Å². The number of halogens is 2. The Morgan fingerprint density at radius 2 is 2.04 bits per heavy atom. The number of rotatable bonds is 5. The van der Waals surface area contributed by atoms with Crippen molar-refractivity contribution in [3.63, 3.8) is 0 Å². The Morgan fingerprint density at radius 1 is 1.36 bits per heavy atom. The predicted octanol–water partition coefficient (Wildman–Crippen LogP) is 4.27. The predicted molar refractivity (Wildman–Crippen MR) is 107 cm³/mol. The van der Waals surface area contributed by atoms with Crippen LogP contribution in [0.5, 0.6) is 0 Å². The Hall–Kier alpha value is -2.42. The molecule has 2 rings (SSSR count). The fourth-order valence-corrected chi connectivity index (χ4v) is 3.05. The number of hydrogen-bond acceptors (Lipinski definition) is 5. The molecule has 0 aliphatic rings. The summed E-state index contributed by atoms with van der Waals surface area (Å²) in [5, 5.41) is 2.47. The van der Waals surface area contributed by atoms with Gasteiger partial charge in [0.05, 0.1) is 24.7 Å². The number of nitrogens with zero attached hydrogens (tertiary/aromatic N) is 2. The van der Waals surface area contributed by atoms with E-state index >= 15 is 0 Å². The summed E-state index contributed by atoms with van der Waals surface area (Å²) < 4.78 is 26.5. The summed E-state index contributed by atoms with van der Waals surface area (Å²) in [5.41, 5.74) is 0.920. The maximum atomic E-state index is 14.4. The molecule has 152 valence electrons. The van der Waals surface area contributed by atoms with Crippen molar-refractivity contribution in [2.75, 3.05) is 13.7 Å². The number of aromatic nitrogens is 2. The lowest BCUT2D eigenvalue weighted by molar-refractivity contribution is 0.0532. The van der Waals surface area contributed by atoms with Crippen LogP contribution in [0, 0.1) is 6.92 Å². The third kappa shape index (κ3) is 5.54. The summed E-state index contributed by atoms with van der Waals surface area (Å²) in [5.74, 6) is -0.370. The van der Waals surface area contributed by atoms with Crippen LogP contribution in [0.15, 0.2) is 28.5 Å². The highest BCUT2D eigenvalue weighted by Gasteiger charge is 2.17. The first kappa shape index (κ1) is 21.9. The van der Waals surface area contributed by atoms with Crippen molar-refractivity contribution >= 4 is 39.0 Å². The average Bonchev–Trinajstić information content (AvgIpc) is 2.89. The first-order valence-corrected chi connectivity index (χ1v) is 9.37. The number of esters is 1. The Labute approximate surface area is 171 Å². The van der Waals surface area contributed by atoms with Crippen LogP contribution in [-0.4, -0.2) is 40.9 Å². The maximum Gasteiger partial charge on any atom is 0.407 e. The van der Waals surface area contributed by atoms with E-state index in [1.54, 1.807) is 44.4 Å². The molecule has 2 aromatic rings. The Morgan fingerprint density at radius 3 is 2.64 bits per heavy atom. The van der Waals surface area contributed by atoms with E-state index < -0.39 is 23.5 Å².